The van der Waals surface area contributed by atoms with Crippen LogP contribution in [0.4, 0.5) is 0 Å². The Morgan fingerprint density at radius 2 is 2.06 bits per heavy atom. The maximum atomic E-state index is 10.6. The van der Waals surface area contributed by atoms with Gasteiger partial charge in [-0.25, -0.2) is 0 Å². The molecule has 0 aromatic rings. The smallest absolute Gasteiger partial charge is 0.142 e. The molecule has 1 fully saturated rings. The lowest BCUT2D eigenvalue weighted by Gasteiger charge is -2.37. The van der Waals surface area contributed by atoms with Crippen LogP contribution >= 0.6 is 0 Å². The highest BCUT2D eigenvalue weighted by Gasteiger charge is 2.56. The molecule has 0 saturated heterocycles. The van der Waals surface area contributed by atoms with Gasteiger partial charge in [-0.05, 0) is 43.1 Å². The summed E-state index contributed by atoms with van der Waals surface area (Å²) in [7, 11) is 0. The summed E-state index contributed by atoms with van der Waals surface area (Å²) in [5.41, 5.74) is 1.90. The Labute approximate surface area is 98.6 Å². The molecular formula is C15H22O. The fraction of sp³-hybridized carbons (Fsp3) is 0.667. The summed E-state index contributed by atoms with van der Waals surface area (Å²) >= 11 is 0. The standard InChI is InChI=1S/C15H22O/c1-11-6-7-13-14(3,4)10-12(2)15(11,13)8-5-9-16/h5,8-11,13H,6-7H2,1-4H3/b8-5-/t11-,13+,15-/m1/s1. The summed E-state index contributed by atoms with van der Waals surface area (Å²) in [6, 6.07) is 0. The van der Waals surface area contributed by atoms with Crippen LogP contribution in [0.3, 0.4) is 0 Å². The molecule has 2 rings (SSSR count). The average Bonchev–Trinajstić information content (AvgIpc) is 2.62. The fourth-order valence-electron chi connectivity index (χ4n) is 4.28. The summed E-state index contributed by atoms with van der Waals surface area (Å²) in [5, 5.41) is 0. The summed E-state index contributed by atoms with van der Waals surface area (Å²) in [6.45, 7) is 9.22. The molecule has 0 bridgehead atoms. The second-order valence-corrected chi connectivity index (χ2v) is 6.11. The molecule has 2 aliphatic carbocycles. The Hall–Kier alpha value is -0.850. The first-order valence-electron chi connectivity index (χ1n) is 6.28. The monoisotopic (exact) mass is 218 g/mol. The molecule has 0 amide bonds. The fourth-order valence-corrected chi connectivity index (χ4v) is 4.28. The molecule has 0 aliphatic heterocycles. The van der Waals surface area contributed by atoms with E-state index in [1.54, 1.807) is 6.08 Å². The number of allylic oxidation sites excluding steroid dienone is 4. The summed E-state index contributed by atoms with van der Waals surface area (Å²) in [6.07, 6.45) is 9.77. The lowest BCUT2D eigenvalue weighted by Crippen LogP contribution is -2.31. The van der Waals surface area contributed by atoms with Gasteiger partial charge in [0.15, 0.2) is 0 Å². The molecule has 0 heterocycles. The zero-order valence-electron chi connectivity index (χ0n) is 10.8. The van der Waals surface area contributed by atoms with Gasteiger partial charge >= 0.3 is 0 Å². The van der Waals surface area contributed by atoms with Crippen LogP contribution in [-0.2, 0) is 4.79 Å². The van der Waals surface area contributed by atoms with Gasteiger partial charge < -0.3 is 0 Å². The first-order valence-corrected chi connectivity index (χ1v) is 6.28. The van der Waals surface area contributed by atoms with Crippen molar-refractivity contribution in [2.45, 2.75) is 40.5 Å². The molecule has 0 aromatic heterocycles. The molecule has 0 unspecified atom stereocenters. The van der Waals surface area contributed by atoms with Crippen molar-refractivity contribution >= 4 is 6.29 Å². The van der Waals surface area contributed by atoms with E-state index in [-0.39, 0.29) is 10.8 Å². The number of aldehydes is 1. The molecule has 16 heavy (non-hydrogen) atoms. The number of hydrogen-bond acceptors (Lipinski definition) is 1. The van der Waals surface area contributed by atoms with E-state index in [0.29, 0.717) is 11.8 Å². The Kier molecular flexibility index (Phi) is 2.60. The van der Waals surface area contributed by atoms with Gasteiger partial charge in [-0.2, -0.15) is 0 Å². The molecule has 1 nitrogen and oxygen atoms in total. The number of rotatable bonds is 2. The third kappa shape index (κ3) is 1.33. The summed E-state index contributed by atoms with van der Waals surface area (Å²) in [5.74, 6) is 1.33. The first-order chi connectivity index (χ1) is 7.45. The molecule has 1 heteroatoms. The van der Waals surface area contributed by atoms with E-state index in [1.165, 1.54) is 18.4 Å². The molecule has 1 saturated carbocycles. The van der Waals surface area contributed by atoms with Crippen LogP contribution in [0.25, 0.3) is 0 Å². The summed E-state index contributed by atoms with van der Waals surface area (Å²) in [4.78, 5) is 10.6. The zero-order chi connectivity index (χ0) is 12.0. The second-order valence-electron chi connectivity index (χ2n) is 6.11. The molecule has 3 atom stereocenters. The Balaban J connectivity index is 2.49. The van der Waals surface area contributed by atoms with Gasteiger partial charge in [0.1, 0.15) is 6.29 Å². The number of hydrogen-bond donors (Lipinski definition) is 0. The van der Waals surface area contributed by atoms with E-state index in [0.717, 1.165) is 6.29 Å². The molecule has 0 radical (unpaired) electrons. The van der Waals surface area contributed by atoms with Crippen LogP contribution in [-0.4, -0.2) is 6.29 Å². The van der Waals surface area contributed by atoms with Crippen molar-refractivity contribution in [3.8, 4) is 0 Å². The SMILES string of the molecule is CC1=CC(C)(C)[C@@H]2CC[C@@H](C)[C@]12/C=C\C=O. The maximum Gasteiger partial charge on any atom is 0.142 e. The van der Waals surface area contributed by atoms with Crippen LogP contribution in [0, 0.1) is 22.7 Å². The minimum absolute atomic E-state index is 0.157. The van der Waals surface area contributed by atoms with Gasteiger partial charge in [0.25, 0.3) is 0 Å². The second kappa shape index (κ2) is 3.58. The van der Waals surface area contributed by atoms with Crippen LogP contribution < -0.4 is 0 Å². The lowest BCUT2D eigenvalue weighted by molar-refractivity contribution is -0.104. The molecule has 0 spiro atoms. The van der Waals surface area contributed by atoms with Crippen molar-refractivity contribution in [2.75, 3.05) is 0 Å². The predicted octanol–water partition coefficient (Wildman–Crippen LogP) is 3.76. The van der Waals surface area contributed by atoms with Gasteiger partial charge in [0.2, 0.25) is 0 Å². The van der Waals surface area contributed by atoms with E-state index < -0.39 is 0 Å². The Morgan fingerprint density at radius 1 is 1.38 bits per heavy atom. The largest absolute Gasteiger partial charge is 0.299 e. The molecule has 88 valence electrons. The third-order valence-corrected chi connectivity index (χ3v) is 4.90. The van der Waals surface area contributed by atoms with Crippen molar-refractivity contribution in [1.29, 1.82) is 0 Å². The van der Waals surface area contributed by atoms with Gasteiger partial charge in [0, 0.05) is 5.41 Å². The van der Waals surface area contributed by atoms with Crippen molar-refractivity contribution in [3.05, 3.63) is 23.8 Å². The van der Waals surface area contributed by atoms with Crippen molar-refractivity contribution in [2.24, 2.45) is 22.7 Å². The minimum atomic E-state index is 0.157. The van der Waals surface area contributed by atoms with Gasteiger partial charge in [-0.1, -0.05) is 38.5 Å². The predicted molar refractivity (Wildman–Crippen MR) is 67.1 cm³/mol. The Bertz CT molecular complexity index is 362. The normalized spacial score (nSPS) is 41.1. The quantitative estimate of drug-likeness (QED) is 0.392. The average molecular weight is 218 g/mol. The van der Waals surface area contributed by atoms with E-state index in [4.69, 9.17) is 0 Å². The summed E-state index contributed by atoms with van der Waals surface area (Å²) < 4.78 is 0. The number of carbonyl (C=O) groups is 1. The zero-order valence-corrected chi connectivity index (χ0v) is 10.8. The van der Waals surface area contributed by atoms with E-state index in [2.05, 4.69) is 39.8 Å². The van der Waals surface area contributed by atoms with Crippen molar-refractivity contribution in [3.63, 3.8) is 0 Å². The van der Waals surface area contributed by atoms with Crippen LogP contribution in [0.15, 0.2) is 23.8 Å². The number of carbonyl (C=O) groups excluding carboxylic acids is 1. The lowest BCUT2D eigenvalue weighted by atomic mass is 9.66. The maximum absolute atomic E-state index is 10.6. The van der Waals surface area contributed by atoms with Crippen LogP contribution in [0.1, 0.15) is 40.5 Å². The highest BCUT2D eigenvalue weighted by atomic mass is 16.1. The first kappa shape index (κ1) is 11.6. The van der Waals surface area contributed by atoms with E-state index >= 15 is 0 Å². The Morgan fingerprint density at radius 3 is 2.69 bits per heavy atom. The minimum Gasteiger partial charge on any atom is -0.299 e. The van der Waals surface area contributed by atoms with Crippen molar-refractivity contribution in [1.82, 2.24) is 0 Å². The van der Waals surface area contributed by atoms with Gasteiger partial charge in [0.05, 0.1) is 0 Å². The number of fused-ring (bicyclic) bond motifs is 1. The molecule has 0 aromatic carbocycles. The molecule has 2 aliphatic rings. The van der Waals surface area contributed by atoms with Gasteiger partial charge in [-0.15, -0.1) is 0 Å². The topological polar surface area (TPSA) is 17.1 Å². The highest BCUT2D eigenvalue weighted by molar-refractivity contribution is 5.65. The third-order valence-electron chi connectivity index (χ3n) is 4.90. The van der Waals surface area contributed by atoms with Crippen LogP contribution in [0.5, 0.6) is 0 Å². The van der Waals surface area contributed by atoms with E-state index in [9.17, 15) is 4.79 Å². The molecule has 0 N–H and O–H groups in total. The van der Waals surface area contributed by atoms with Crippen molar-refractivity contribution < 1.29 is 4.79 Å². The van der Waals surface area contributed by atoms with Gasteiger partial charge in [-0.3, -0.25) is 4.79 Å². The highest BCUT2D eigenvalue weighted by Crippen LogP contribution is 2.64. The molecular weight excluding hydrogens is 196 g/mol. The van der Waals surface area contributed by atoms with E-state index in [1.807, 2.05) is 0 Å². The van der Waals surface area contributed by atoms with Crippen LogP contribution in [0.2, 0.25) is 0 Å².